The van der Waals surface area contributed by atoms with E-state index in [1.807, 2.05) is 13.0 Å². The molecule has 0 unspecified atom stereocenters. The Morgan fingerprint density at radius 1 is 1.25 bits per heavy atom. The summed E-state index contributed by atoms with van der Waals surface area (Å²) < 4.78 is 16.1. The fraction of sp³-hybridized carbons (Fsp3) is 0.588. The van der Waals surface area contributed by atoms with Crippen LogP contribution < -0.4 is 20.1 Å². The van der Waals surface area contributed by atoms with E-state index in [0.29, 0.717) is 13.4 Å². The van der Waals surface area contributed by atoms with Crippen LogP contribution in [-0.4, -0.2) is 46.1 Å². The Morgan fingerprint density at radius 3 is 2.71 bits per heavy atom. The average Bonchev–Trinajstić information content (AvgIpc) is 3.02. The highest BCUT2D eigenvalue weighted by Crippen LogP contribution is 2.36. The summed E-state index contributed by atoms with van der Waals surface area (Å²) in [6, 6.07) is 6.10. The lowest BCUT2D eigenvalue weighted by molar-refractivity contribution is 0.152. The monoisotopic (exact) mass is 449 g/mol. The number of aliphatic imine (C=N–C) groups is 1. The summed E-state index contributed by atoms with van der Waals surface area (Å²) in [4.78, 5) is 4.23. The summed E-state index contributed by atoms with van der Waals surface area (Å²) in [7, 11) is 1.77. The van der Waals surface area contributed by atoms with Crippen molar-refractivity contribution in [1.29, 1.82) is 0 Å². The molecule has 24 heavy (non-hydrogen) atoms. The topological polar surface area (TPSA) is 64.1 Å². The molecule has 0 aliphatic carbocycles. The Balaban J connectivity index is 0.00000288. The van der Waals surface area contributed by atoms with E-state index in [9.17, 15) is 0 Å². The van der Waals surface area contributed by atoms with Gasteiger partial charge in [0, 0.05) is 32.2 Å². The summed E-state index contributed by atoms with van der Waals surface area (Å²) in [6.45, 7) is 9.54. The SMILES string of the molecule is CCOCCNC(=NC)NCC(C)(C)c1ccc2c(c1)OCO2.I. The highest BCUT2D eigenvalue weighted by atomic mass is 127. The van der Waals surface area contributed by atoms with Crippen molar-refractivity contribution in [2.24, 2.45) is 4.99 Å². The molecule has 6 nitrogen and oxygen atoms in total. The summed E-state index contributed by atoms with van der Waals surface area (Å²) in [5, 5.41) is 6.60. The number of guanidine groups is 1. The third kappa shape index (κ3) is 5.70. The molecule has 0 aromatic heterocycles. The maximum absolute atomic E-state index is 5.46. The van der Waals surface area contributed by atoms with Gasteiger partial charge in [-0.2, -0.15) is 0 Å². The van der Waals surface area contributed by atoms with Gasteiger partial charge >= 0.3 is 0 Å². The number of ether oxygens (including phenoxy) is 3. The first kappa shape index (κ1) is 20.8. The Morgan fingerprint density at radius 2 is 2.00 bits per heavy atom. The van der Waals surface area contributed by atoms with Crippen molar-refractivity contribution in [3.63, 3.8) is 0 Å². The van der Waals surface area contributed by atoms with Gasteiger partial charge in [0.15, 0.2) is 17.5 Å². The van der Waals surface area contributed by atoms with Gasteiger partial charge in [-0.1, -0.05) is 19.9 Å². The van der Waals surface area contributed by atoms with E-state index in [1.54, 1.807) is 7.05 Å². The van der Waals surface area contributed by atoms with Crippen molar-refractivity contribution in [1.82, 2.24) is 10.6 Å². The number of benzene rings is 1. The minimum absolute atomic E-state index is 0. The number of halogens is 1. The second-order valence-corrected chi connectivity index (χ2v) is 6.00. The van der Waals surface area contributed by atoms with E-state index in [-0.39, 0.29) is 29.4 Å². The summed E-state index contributed by atoms with van der Waals surface area (Å²) in [6.07, 6.45) is 0. The molecule has 0 bridgehead atoms. The lowest BCUT2D eigenvalue weighted by Crippen LogP contribution is -2.44. The van der Waals surface area contributed by atoms with Crippen LogP contribution in [0.3, 0.4) is 0 Å². The maximum atomic E-state index is 5.46. The van der Waals surface area contributed by atoms with Gasteiger partial charge in [0.1, 0.15) is 0 Å². The van der Waals surface area contributed by atoms with Crippen molar-refractivity contribution < 1.29 is 14.2 Å². The van der Waals surface area contributed by atoms with Gasteiger partial charge < -0.3 is 24.8 Å². The Labute approximate surface area is 161 Å². The molecule has 1 aromatic rings. The number of rotatable bonds is 7. The molecule has 1 heterocycles. The lowest BCUT2D eigenvalue weighted by Gasteiger charge is -2.27. The minimum Gasteiger partial charge on any atom is -0.454 e. The zero-order chi connectivity index (χ0) is 16.7. The van der Waals surface area contributed by atoms with Crippen LogP contribution in [0.15, 0.2) is 23.2 Å². The second-order valence-electron chi connectivity index (χ2n) is 6.00. The van der Waals surface area contributed by atoms with Gasteiger partial charge in [0.2, 0.25) is 6.79 Å². The molecular weight excluding hydrogens is 421 g/mol. The molecule has 0 saturated carbocycles. The van der Waals surface area contributed by atoms with Crippen LogP contribution in [0.5, 0.6) is 11.5 Å². The van der Waals surface area contributed by atoms with Crippen LogP contribution >= 0.6 is 24.0 Å². The quantitative estimate of drug-likeness (QED) is 0.290. The number of nitrogens with zero attached hydrogens (tertiary/aromatic N) is 1. The lowest BCUT2D eigenvalue weighted by atomic mass is 9.84. The fourth-order valence-corrected chi connectivity index (χ4v) is 2.33. The van der Waals surface area contributed by atoms with Crippen LogP contribution in [0.4, 0.5) is 0 Å². The first-order valence-electron chi connectivity index (χ1n) is 7.99. The number of hydrogen-bond acceptors (Lipinski definition) is 4. The molecule has 0 fully saturated rings. The molecule has 0 spiro atoms. The van der Waals surface area contributed by atoms with E-state index in [0.717, 1.165) is 37.2 Å². The highest BCUT2D eigenvalue weighted by molar-refractivity contribution is 14.0. The zero-order valence-electron chi connectivity index (χ0n) is 14.8. The Bertz CT molecular complexity index is 550. The molecular formula is C17H28IN3O3. The van der Waals surface area contributed by atoms with E-state index < -0.39 is 0 Å². The summed E-state index contributed by atoms with van der Waals surface area (Å²) in [5.74, 6) is 2.40. The molecule has 2 rings (SSSR count). The van der Waals surface area contributed by atoms with E-state index in [4.69, 9.17) is 14.2 Å². The molecule has 0 amide bonds. The average molecular weight is 449 g/mol. The van der Waals surface area contributed by atoms with Gasteiger partial charge in [0.25, 0.3) is 0 Å². The van der Waals surface area contributed by atoms with E-state index in [2.05, 4.69) is 41.6 Å². The second kappa shape index (κ2) is 9.93. The molecule has 0 atom stereocenters. The van der Waals surface area contributed by atoms with Crippen LogP contribution in [0.1, 0.15) is 26.3 Å². The summed E-state index contributed by atoms with van der Waals surface area (Å²) in [5.41, 5.74) is 1.12. The van der Waals surface area contributed by atoms with Crippen LogP contribution in [0.2, 0.25) is 0 Å². The zero-order valence-corrected chi connectivity index (χ0v) is 17.2. The largest absolute Gasteiger partial charge is 0.454 e. The molecule has 0 radical (unpaired) electrons. The molecule has 2 N–H and O–H groups in total. The normalized spacial score (nSPS) is 13.4. The Hall–Kier alpha value is -1.22. The van der Waals surface area contributed by atoms with Gasteiger partial charge in [-0.25, -0.2) is 0 Å². The number of hydrogen-bond donors (Lipinski definition) is 2. The number of nitrogens with one attached hydrogen (secondary N) is 2. The summed E-state index contributed by atoms with van der Waals surface area (Å²) >= 11 is 0. The van der Waals surface area contributed by atoms with Gasteiger partial charge in [-0.15, -0.1) is 24.0 Å². The molecule has 1 aliphatic heterocycles. The molecule has 7 heteroatoms. The van der Waals surface area contributed by atoms with Gasteiger partial charge in [-0.05, 0) is 24.6 Å². The number of fused-ring (bicyclic) bond motifs is 1. The van der Waals surface area contributed by atoms with Crippen LogP contribution in [-0.2, 0) is 10.2 Å². The van der Waals surface area contributed by atoms with Gasteiger partial charge in [0.05, 0.1) is 6.61 Å². The van der Waals surface area contributed by atoms with E-state index in [1.165, 1.54) is 5.56 Å². The molecule has 1 aromatic carbocycles. The Kier molecular flexibility index (Phi) is 8.61. The van der Waals surface area contributed by atoms with Crippen molar-refractivity contribution in [3.8, 4) is 11.5 Å². The van der Waals surface area contributed by atoms with Crippen LogP contribution in [0, 0.1) is 0 Å². The molecule has 136 valence electrons. The first-order chi connectivity index (χ1) is 11.1. The highest BCUT2D eigenvalue weighted by Gasteiger charge is 2.24. The third-order valence-electron chi connectivity index (χ3n) is 3.82. The van der Waals surface area contributed by atoms with Gasteiger partial charge in [-0.3, -0.25) is 4.99 Å². The third-order valence-corrected chi connectivity index (χ3v) is 3.82. The fourth-order valence-electron chi connectivity index (χ4n) is 2.33. The standard InChI is InChI=1S/C17H27N3O3.HI/c1-5-21-9-8-19-16(18-4)20-11-17(2,3)13-6-7-14-15(10-13)23-12-22-14;/h6-7,10H,5,8-9,11-12H2,1-4H3,(H2,18,19,20);1H. The molecule has 1 aliphatic rings. The minimum atomic E-state index is -0.0709. The predicted molar refractivity (Wildman–Crippen MR) is 107 cm³/mol. The van der Waals surface area contributed by atoms with Crippen LogP contribution in [0.25, 0.3) is 0 Å². The van der Waals surface area contributed by atoms with Crippen molar-refractivity contribution >= 4 is 29.9 Å². The maximum Gasteiger partial charge on any atom is 0.231 e. The van der Waals surface area contributed by atoms with E-state index >= 15 is 0 Å². The predicted octanol–water partition coefficient (Wildman–Crippen LogP) is 2.51. The van der Waals surface area contributed by atoms with Crippen molar-refractivity contribution in [2.75, 3.05) is 40.1 Å². The smallest absolute Gasteiger partial charge is 0.231 e. The molecule has 0 saturated heterocycles. The first-order valence-corrected chi connectivity index (χ1v) is 7.99. The van der Waals surface area contributed by atoms with Crippen molar-refractivity contribution in [2.45, 2.75) is 26.2 Å². The van der Waals surface area contributed by atoms with Crippen molar-refractivity contribution in [3.05, 3.63) is 23.8 Å².